The highest BCUT2D eigenvalue weighted by Gasteiger charge is 2.36. The average Bonchev–Trinajstić information content (AvgIpc) is 3.30. The Bertz CT molecular complexity index is 1290. The summed E-state index contributed by atoms with van der Waals surface area (Å²) in [6.45, 7) is 6.60. The Hall–Kier alpha value is -3.75. The fourth-order valence-corrected chi connectivity index (χ4v) is 4.76. The zero-order valence-electron chi connectivity index (χ0n) is 19.6. The van der Waals surface area contributed by atoms with Crippen LogP contribution < -0.4 is 0 Å². The van der Waals surface area contributed by atoms with Crippen LogP contribution in [0, 0.1) is 31.0 Å². The largest absolute Gasteiger partial charge is 0.370 e. The maximum absolute atomic E-state index is 13.9. The Labute approximate surface area is 201 Å². The molecule has 2 saturated heterocycles. The van der Waals surface area contributed by atoms with Crippen LogP contribution in [0.3, 0.4) is 0 Å². The van der Waals surface area contributed by atoms with Gasteiger partial charge in [0, 0.05) is 31.9 Å². The van der Waals surface area contributed by atoms with Crippen molar-refractivity contribution in [2.75, 3.05) is 32.8 Å². The van der Waals surface area contributed by atoms with Crippen LogP contribution in [0.5, 0.6) is 0 Å². The van der Waals surface area contributed by atoms with E-state index in [0.717, 1.165) is 17.8 Å². The second-order valence-electron chi connectivity index (χ2n) is 8.88. The van der Waals surface area contributed by atoms with Crippen LogP contribution in [-0.2, 0) is 16.0 Å². The topological polar surface area (TPSA) is 113 Å². The van der Waals surface area contributed by atoms with Gasteiger partial charge in [0.15, 0.2) is 5.82 Å². The minimum absolute atomic E-state index is 0.0265. The van der Waals surface area contributed by atoms with Crippen LogP contribution >= 0.6 is 0 Å². The molecule has 2 atom stereocenters. The van der Waals surface area contributed by atoms with Gasteiger partial charge < -0.3 is 9.64 Å². The number of fused-ring (bicyclic) bond motifs is 1. The van der Waals surface area contributed by atoms with Gasteiger partial charge in [-0.25, -0.2) is 4.39 Å². The Balaban J connectivity index is 1.19. The number of ether oxygens (including phenoxy) is 1. The van der Waals surface area contributed by atoms with Crippen molar-refractivity contribution in [3.63, 3.8) is 0 Å². The zero-order chi connectivity index (χ0) is 24.5. The fourth-order valence-electron chi connectivity index (χ4n) is 4.76. The number of hydrogen-bond donors (Lipinski definition) is 0. The summed E-state index contributed by atoms with van der Waals surface area (Å²) in [4.78, 5) is 21.6. The number of piperazine rings is 1. The van der Waals surface area contributed by atoms with Crippen LogP contribution in [0.15, 0.2) is 30.5 Å². The summed E-state index contributed by atoms with van der Waals surface area (Å²) in [7, 11) is 0. The van der Waals surface area contributed by atoms with E-state index in [1.807, 2.05) is 23.1 Å². The number of aryl methyl sites for hydroxylation is 1. The first-order chi connectivity index (χ1) is 16.9. The molecule has 180 valence electrons. The summed E-state index contributed by atoms with van der Waals surface area (Å²) in [5.74, 6) is 0.174. The summed E-state index contributed by atoms with van der Waals surface area (Å²) in [6, 6.07) is 8.74. The number of nitriles is 1. The van der Waals surface area contributed by atoms with E-state index in [0.29, 0.717) is 43.3 Å². The number of benzene rings is 1. The van der Waals surface area contributed by atoms with E-state index < -0.39 is 5.82 Å². The molecule has 1 aromatic carbocycles. The smallest absolute Gasteiger partial charge is 0.228 e. The lowest BCUT2D eigenvalue weighted by atomic mass is 9.96. The number of rotatable bonds is 4. The molecule has 0 unspecified atom stereocenters. The quantitative estimate of drug-likeness (QED) is 0.557. The molecule has 10 nitrogen and oxygen atoms in total. The maximum Gasteiger partial charge on any atom is 0.228 e. The molecule has 5 rings (SSSR count). The molecule has 0 saturated carbocycles. The number of carbonyl (C=O) groups is 1. The monoisotopic (exact) mass is 476 g/mol. The van der Waals surface area contributed by atoms with Crippen molar-refractivity contribution in [1.82, 2.24) is 35.0 Å². The van der Waals surface area contributed by atoms with Gasteiger partial charge in [0.25, 0.3) is 0 Å². The second kappa shape index (κ2) is 9.48. The SMILES string of the molecule is Cc1c([C@@H]2CN3CCN(C(=O)Cc4ccc(-n5nnnc5C)cn4)C[C@H]3CO2)ccc(F)c1C#N. The molecule has 0 radical (unpaired) electrons. The van der Waals surface area contributed by atoms with Gasteiger partial charge in [0.1, 0.15) is 11.9 Å². The number of morpholine rings is 1. The van der Waals surface area contributed by atoms with Crippen LogP contribution in [0.2, 0.25) is 0 Å². The molecular weight excluding hydrogens is 451 g/mol. The molecule has 2 aliphatic heterocycles. The maximum atomic E-state index is 13.9. The van der Waals surface area contributed by atoms with Crippen LogP contribution in [-0.4, -0.2) is 79.7 Å². The van der Waals surface area contributed by atoms with Gasteiger partial charge in [-0.1, -0.05) is 6.07 Å². The van der Waals surface area contributed by atoms with Gasteiger partial charge in [-0.15, -0.1) is 5.10 Å². The van der Waals surface area contributed by atoms with Gasteiger partial charge in [0.05, 0.1) is 42.6 Å². The van der Waals surface area contributed by atoms with E-state index in [4.69, 9.17) is 4.74 Å². The first-order valence-electron chi connectivity index (χ1n) is 11.5. The molecule has 2 aliphatic rings. The summed E-state index contributed by atoms with van der Waals surface area (Å²) in [5.41, 5.74) is 2.96. The normalized spacial score (nSPS) is 20.3. The molecule has 2 aromatic heterocycles. The standard InChI is InChI=1S/C24H25FN8O2/c1-15-20(5-6-22(25)21(15)10-26)23-13-31-7-8-32(12-19(31)14-35-23)24(34)9-17-3-4-18(11-27-17)33-16(2)28-29-30-33/h3-6,11,19,23H,7-9,12-14H2,1-2H3/t19-,23-/m0/s1. The van der Waals surface area contributed by atoms with Gasteiger partial charge in [0.2, 0.25) is 5.91 Å². The number of amides is 1. The molecule has 0 bridgehead atoms. The number of carbonyl (C=O) groups excluding carboxylic acids is 1. The molecule has 11 heteroatoms. The average molecular weight is 477 g/mol. The minimum atomic E-state index is -0.510. The highest BCUT2D eigenvalue weighted by molar-refractivity contribution is 5.78. The highest BCUT2D eigenvalue weighted by Crippen LogP contribution is 2.31. The summed E-state index contributed by atoms with van der Waals surface area (Å²) >= 11 is 0. The number of hydrogen-bond acceptors (Lipinski definition) is 8. The van der Waals surface area contributed by atoms with Crippen molar-refractivity contribution in [2.45, 2.75) is 32.4 Å². The third-order valence-electron chi connectivity index (χ3n) is 6.77. The van der Waals surface area contributed by atoms with Gasteiger partial charge in [-0.2, -0.15) is 9.94 Å². The Morgan fingerprint density at radius 2 is 2.09 bits per heavy atom. The lowest BCUT2D eigenvalue weighted by molar-refractivity contribution is -0.139. The predicted octanol–water partition coefficient (Wildman–Crippen LogP) is 1.51. The molecule has 35 heavy (non-hydrogen) atoms. The van der Waals surface area contributed by atoms with Crippen LogP contribution in [0.25, 0.3) is 5.69 Å². The van der Waals surface area contributed by atoms with Crippen LogP contribution in [0.4, 0.5) is 4.39 Å². The van der Waals surface area contributed by atoms with Crippen molar-refractivity contribution in [3.8, 4) is 11.8 Å². The zero-order valence-corrected chi connectivity index (χ0v) is 19.6. The molecule has 0 N–H and O–H groups in total. The van der Waals surface area contributed by atoms with Crippen molar-refractivity contribution in [3.05, 3.63) is 64.5 Å². The van der Waals surface area contributed by atoms with E-state index in [2.05, 4.69) is 25.4 Å². The second-order valence-corrected chi connectivity index (χ2v) is 8.88. The van der Waals surface area contributed by atoms with Crippen molar-refractivity contribution in [1.29, 1.82) is 5.26 Å². The molecule has 1 amide bonds. The third kappa shape index (κ3) is 4.50. The van der Waals surface area contributed by atoms with Gasteiger partial charge in [-0.3, -0.25) is 14.7 Å². The lowest BCUT2D eigenvalue weighted by Gasteiger charge is -2.46. The first kappa shape index (κ1) is 23.0. The van der Waals surface area contributed by atoms with E-state index in [1.165, 1.54) is 6.07 Å². The predicted molar refractivity (Wildman–Crippen MR) is 122 cm³/mol. The highest BCUT2D eigenvalue weighted by atomic mass is 19.1. The fraction of sp³-hybridized carbons (Fsp3) is 0.417. The molecule has 0 aliphatic carbocycles. The van der Waals surface area contributed by atoms with Crippen molar-refractivity contribution < 1.29 is 13.9 Å². The number of aromatic nitrogens is 5. The first-order valence-corrected chi connectivity index (χ1v) is 11.5. The van der Waals surface area contributed by atoms with E-state index >= 15 is 0 Å². The van der Waals surface area contributed by atoms with E-state index in [1.54, 1.807) is 30.8 Å². The van der Waals surface area contributed by atoms with E-state index in [9.17, 15) is 14.4 Å². The molecule has 0 spiro atoms. The number of pyridine rings is 1. The molecule has 2 fully saturated rings. The number of nitrogens with zero attached hydrogens (tertiary/aromatic N) is 8. The molecular formula is C24H25FN8O2. The number of halogens is 1. The lowest BCUT2D eigenvalue weighted by Crippen LogP contribution is -2.59. The molecule has 4 heterocycles. The van der Waals surface area contributed by atoms with E-state index in [-0.39, 0.29) is 30.0 Å². The minimum Gasteiger partial charge on any atom is -0.370 e. The Morgan fingerprint density at radius 3 is 2.80 bits per heavy atom. The van der Waals surface area contributed by atoms with Gasteiger partial charge in [-0.05, 0) is 53.6 Å². The Morgan fingerprint density at radius 1 is 1.23 bits per heavy atom. The summed E-state index contributed by atoms with van der Waals surface area (Å²) in [6.07, 6.45) is 1.65. The van der Waals surface area contributed by atoms with Crippen molar-refractivity contribution >= 4 is 5.91 Å². The van der Waals surface area contributed by atoms with Crippen LogP contribution in [0.1, 0.15) is 34.3 Å². The molecule has 3 aromatic rings. The summed E-state index contributed by atoms with van der Waals surface area (Å²) in [5, 5.41) is 20.7. The Kier molecular flexibility index (Phi) is 6.23. The summed E-state index contributed by atoms with van der Waals surface area (Å²) < 4.78 is 21.6. The third-order valence-corrected chi connectivity index (χ3v) is 6.77. The number of tetrazole rings is 1. The van der Waals surface area contributed by atoms with Gasteiger partial charge >= 0.3 is 0 Å². The van der Waals surface area contributed by atoms with Crippen molar-refractivity contribution in [2.24, 2.45) is 0 Å².